The van der Waals surface area contributed by atoms with Crippen molar-refractivity contribution in [3.8, 4) is 0 Å². The molecule has 4 nitrogen and oxygen atoms in total. The van der Waals surface area contributed by atoms with Crippen molar-refractivity contribution in [2.75, 3.05) is 0 Å². The maximum absolute atomic E-state index is 12.1. The Morgan fingerprint density at radius 1 is 1.26 bits per heavy atom. The van der Waals surface area contributed by atoms with Gasteiger partial charge in [-0.2, -0.15) is 0 Å². The molecule has 1 atom stereocenters. The van der Waals surface area contributed by atoms with Gasteiger partial charge in [-0.1, -0.05) is 49.6 Å². The second kappa shape index (κ2) is 8.27. The van der Waals surface area contributed by atoms with E-state index in [1.165, 1.54) is 25.3 Å². The summed E-state index contributed by atoms with van der Waals surface area (Å²) in [5.41, 5.74) is -0.197. The van der Waals surface area contributed by atoms with E-state index in [1.54, 1.807) is 19.9 Å². The van der Waals surface area contributed by atoms with Crippen LogP contribution in [-0.4, -0.2) is 28.9 Å². The first-order valence-corrected chi connectivity index (χ1v) is 8.37. The second-order valence-corrected chi connectivity index (χ2v) is 6.72. The lowest BCUT2D eigenvalue weighted by molar-refractivity contribution is -0.161. The molecule has 0 aliphatic heterocycles. The Morgan fingerprint density at radius 3 is 2.52 bits per heavy atom. The Kier molecular flexibility index (Phi) is 6.37. The first kappa shape index (κ1) is 17.7. The number of esters is 1. The van der Waals surface area contributed by atoms with Gasteiger partial charge in [-0.25, -0.2) is 4.79 Å². The molecule has 0 heterocycles. The van der Waals surface area contributed by atoms with E-state index in [0.717, 1.165) is 18.4 Å². The largest absolute Gasteiger partial charge is 0.440 e. The average molecular weight is 317 g/mol. The van der Waals surface area contributed by atoms with Gasteiger partial charge in [-0.05, 0) is 38.3 Å². The summed E-state index contributed by atoms with van der Waals surface area (Å²) in [6.45, 7) is 3.31. The van der Waals surface area contributed by atoms with Gasteiger partial charge in [0.05, 0.1) is 0 Å². The standard InChI is InChI=1S/C19H27NO3/c1-19(2,22)18(20-16-11-7-4-8-12-16)23-17(21)14-13-15-9-5-3-6-10-15/h3,5-6,9-10,13-14,16,18,20,22H,4,7-8,11-12H2,1-2H3/b14-13+. The Bertz CT molecular complexity index is 513. The van der Waals surface area contributed by atoms with Gasteiger partial charge in [-0.3, -0.25) is 5.32 Å². The molecule has 2 N–H and O–H groups in total. The van der Waals surface area contributed by atoms with Crippen molar-refractivity contribution in [1.29, 1.82) is 0 Å². The quantitative estimate of drug-likeness (QED) is 0.480. The third-order valence-corrected chi connectivity index (χ3v) is 4.08. The lowest BCUT2D eigenvalue weighted by Crippen LogP contribution is -2.53. The van der Waals surface area contributed by atoms with Crippen LogP contribution in [0.15, 0.2) is 36.4 Å². The zero-order valence-electron chi connectivity index (χ0n) is 14.0. The van der Waals surface area contributed by atoms with E-state index in [4.69, 9.17) is 4.74 Å². The monoisotopic (exact) mass is 317 g/mol. The Morgan fingerprint density at radius 2 is 1.91 bits per heavy atom. The summed E-state index contributed by atoms with van der Waals surface area (Å²) in [7, 11) is 0. The molecule has 1 aliphatic rings. The van der Waals surface area contributed by atoms with Crippen molar-refractivity contribution in [1.82, 2.24) is 5.32 Å². The van der Waals surface area contributed by atoms with E-state index in [1.807, 2.05) is 30.3 Å². The van der Waals surface area contributed by atoms with E-state index in [2.05, 4.69) is 5.32 Å². The summed E-state index contributed by atoms with van der Waals surface area (Å²) in [6, 6.07) is 9.87. The van der Waals surface area contributed by atoms with Gasteiger partial charge in [-0.15, -0.1) is 0 Å². The Hall–Kier alpha value is -1.65. The molecule has 1 unspecified atom stereocenters. The fraction of sp³-hybridized carbons (Fsp3) is 0.526. The zero-order valence-corrected chi connectivity index (χ0v) is 14.0. The van der Waals surface area contributed by atoms with Gasteiger partial charge >= 0.3 is 5.97 Å². The van der Waals surface area contributed by atoms with Crippen LogP contribution in [0, 0.1) is 0 Å². The molecular formula is C19H27NO3. The minimum absolute atomic E-state index is 0.297. The number of ether oxygens (including phenoxy) is 1. The molecule has 0 spiro atoms. The molecule has 126 valence electrons. The van der Waals surface area contributed by atoms with E-state index in [9.17, 15) is 9.90 Å². The molecule has 0 bridgehead atoms. The average Bonchev–Trinajstić information content (AvgIpc) is 2.53. The highest BCUT2D eigenvalue weighted by atomic mass is 16.6. The zero-order chi connectivity index (χ0) is 16.7. The molecule has 23 heavy (non-hydrogen) atoms. The van der Waals surface area contributed by atoms with Crippen molar-refractivity contribution in [3.05, 3.63) is 42.0 Å². The van der Waals surface area contributed by atoms with Crippen LogP contribution in [0.5, 0.6) is 0 Å². The molecule has 0 aromatic heterocycles. The van der Waals surface area contributed by atoms with E-state index in [0.29, 0.717) is 6.04 Å². The maximum Gasteiger partial charge on any atom is 0.332 e. The van der Waals surface area contributed by atoms with Crippen molar-refractivity contribution in [2.24, 2.45) is 0 Å². The molecule has 1 aromatic rings. The first-order chi connectivity index (χ1) is 10.9. The number of hydrogen-bond donors (Lipinski definition) is 2. The molecular weight excluding hydrogens is 290 g/mol. The third-order valence-electron chi connectivity index (χ3n) is 4.08. The molecule has 2 rings (SSSR count). The molecule has 0 amide bonds. The predicted molar refractivity (Wildman–Crippen MR) is 91.7 cm³/mol. The van der Waals surface area contributed by atoms with Crippen LogP contribution in [0.3, 0.4) is 0 Å². The summed E-state index contributed by atoms with van der Waals surface area (Å²) in [5, 5.41) is 13.6. The van der Waals surface area contributed by atoms with Crippen LogP contribution in [0.4, 0.5) is 0 Å². The summed E-state index contributed by atoms with van der Waals surface area (Å²) in [6.07, 6.45) is 8.13. The van der Waals surface area contributed by atoms with Crippen LogP contribution in [-0.2, 0) is 9.53 Å². The van der Waals surface area contributed by atoms with Gasteiger partial charge in [0.1, 0.15) is 5.60 Å². The summed E-state index contributed by atoms with van der Waals surface area (Å²) in [4.78, 5) is 12.1. The number of aliphatic hydroxyl groups is 1. The van der Waals surface area contributed by atoms with Gasteiger partial charge in [0.15, 0.2) is 6.23 Å². The summed E-state index contributed by atoms with van der Waals surface area (Å²) < 4.78 is 5.45. The number of nitrogens with one attached hydrogen (secondary N) is 1. The minimum Gasteiger partial charge on any atom is -0.440 e. The highest BCUT2D eigenvalue weighted by Gasteiger charge is 2.32. The number of hydrogen-bond acceptors (Lipinski definition) is 4. The smallest absolute Gasteiger partial charge is 0.332 e. The van der Waals surface area contributed by atoms with Crippen molar-refractivity contribution in [3.63, 3.8) is 0 Å². The minimum atomic E-state index is -1.13. The van der Waals surface area contributed by atoms with E-state index in [-0.39, 0.29) is 0 Å². The number of benzene rings is 1. The first-order valence-electron chi connectivity index (χ1n) is 8.37. The van der Waals surface area contributed by atoms with Crippen molar-refractivity contribution >= 4 is 12.0 Å². The normalized spacial score (nSPS) is 18.0. The molecule has 4 heteroatoms. The van der Waals surface area contributed by atoms with Crippen LogP contribution in [0.2, 0.25) is 0 Å². The molecule has 1 aromatic carbocycles. The van der Waals surface area contributed by atoms with Gasteiger partial charge in [0.2, 0.25) is 0 Å². The summed E-state index contributed by atoms with van der Waals surface area (Å²) in [5.74, 6) is -0.454. The summed E-state index contributed by atoms with van der Waals surface area (Å²) >= 11 is 0. The van der Waals surface area contributed by atoms with E-state index < -0.39 is 17.8 Å². The molecule has 1 saturated carbocycles. The van der Waals surface area contributed by atoms with Crippen molar-refractivity contribution < 1.29 is 14.6 Å². The lowest BCUT2D eigenvalue weighted by atomic mass is 9.94. The van der Waals surface area contributed by atoms with Gasteiger partial charge in [0, 0.05) is 12.1 Å². The molecule has 0 radical (unpaired) electrons. The third kappa shape index (κ3) is 6.16. The van der Waals surface area contributed by atoms with Gasteiger partial charge < -0.3 is 9.84 Å². The van der Waals surface area contributed by atoms with Crippen LogP contribution in [0.1, 0.15) is 51.5 Å². The van der Waals surface area contributed by atoms with Gasteiger partial charge in [0.25, 0.3) is 0 Å². The Balaban J connectivity index is 1.94. The van der Waals surface area contributed by atoms with E-state index >= 15 is 0 Å². The SMILES string of the molecule is CC(C)(O)C(NC1CCCCC1)OC(=O)/C=C/c1ccccc1. The van der Waals surface area contributed by atoms with Crippen LogP contribution in [0.25, 0.3) is 6.08 Å². The van der Waals surface area contributed by atoms with Crippen LogP contribution < -0.4 is 5.32 Å². The molecule has 1 fully saturated rings. The predicted octanol–water partition coefficient (Wildman–Crippen LogP) is 3.26. The molecule has 1 aliphatic carbocycles. The number of rotatable bonds is 6. The van der Waals surface area contributed by atoms with Crippen molar-refractivity contribution in [2.45, 2.75) is 63.8 Å². The fourth-order valence-electron chi connectivity index (χ4n) is 2.75. The fourth-order valence-corrected chi connectivity index (χ4v) is 2.75. The number of carbonyl (C=O) groups is 1. The Labute approximate surface area is 138 Å². The molecule has 0 saturated heterocycles. The number of carbonyl (C=O) groups excluding carboxylic acids is 1. The topological polar surface area (TPSA) is 58.6 Å². The highest BCUT2D eigenvalue weighted by Crippen LogP contribution is 2.20. The second-order valence-electron chi connectivity index (χ2n) is 6.72. The maximum atomic E-state index is 12.1. The van der Waals surface area contributed by atoms with Crippen LogP contribution >= 0.6 is 0 Å². The highest BCUT2D eigenvalue weighted by molar-refractivity contribution is 5.87. The lowest BCUT2D eigenvalue weighted by Gasteiger charge is -2.34.